The van der Waals surface area contributed by atoms with Crippen LogP contribution in [0.3, 0.4) is 0 Å². The summed E-state index contributed by atoms with van der Waals surface area (Å²) < 4.78 is 11.5. The smallest absolute Gasteiger partial charge is 0.267 e. The van der Waals surface area contributed by atoms with E-state index in [1.54, 1.807) is 11.3 Å². The fourth-order valence-corrected chi connectivity index (χ4v) is 4.03. The summed E-state index contributed by atoms with van der Waals surface area (Å²) in [6.07, 6.45) is 1.44. The van der Waals surface area contributed by atoms with Gasteiger partial charge in [-0.2, -0.15) is 0 Å². The molecular formula is C17H19N3O3S. The normalized spacial score (nSPS) is 23.1. The Kier molecular flexibility index (Phi) is 4.10. The van der Waals surface area contributed by atoms with Crippen LogP contribution in [0.2, 0.25) is 0 Å². The maximum Gasteiger partial charge on any atom is 0.267 e. The molecule has 3 heterocycles. The first-order valence-electron chi connectivity index (χ1n) is 8.18. The van der Waals surface area contributed by atoms with E-state index in [0.29, 0.717) is 18.0 Å². The van der Waals surface area contributed by atoms with E-state index in [1.807, 2.05) is 36.1 Å². The Morgan fingerprint density at radius 3 is 2.92 bits per heavy atom. The van der Waals surface area contributed by atoms with Gasteiger partial charge in [0.2, 0.25) is 6.10 Å². The minimum absolute atomic E-state index is 0.00422. The summed E-state index contributed by atoms with van der Waals surface area (Å²) in [6, 6.07) is 7.45. The van der Waals surface area contributed by atoms with Gasteiger partial charge in [0, 0.05) is 19.0 Å². The number of piperidine rings is 1. The molecule has 0 spiro atoms. The number of amides is 1. The van der Waals surface area contributed by atoms with E-state index in [1.165, 1.54) is 0 Å². The molecule has 24 heavy (non-hydrogen) atoms. The Labute approximate surface area is 144 Å². The van der Waals surface area contributed by atoms with E-state index in [0.717, 1.165) is 29.4 Å². The van der Waals surface area contributed by atoms with Gasteiger partial charge in [-0.25, -0.2) is 0 Å². The first kappa shape index (κ1) is 15.4. The topological polar surface area (TPSA) is 64.6 Å². The Balaban J connectivity index is 1.45. The number of benzene rings is 1. The maximum atomic E-state index is 12.8. The molecule has 1 aromatic carbocycles. The molecule has 2 aliphatic heterocycles. The van der Waals surface area contributed by atoms with Crippen LogP contribution in [-0.4, -0.2) is 46.8 Å². The van der Waals surface area contributed by atoms with Crippen LogP contribution >= 0.6 is 11.3 Å². The molecule has 7 heteroatoms. The van der Waals surface area contributed by atoms with Gasteiger partial charge in [-0.3, -0.25) is 4.79 Å². The summed E-state index contributed by atoms with van der Waals surface area (Å²) in [5, 5.41) is 10.3. The largest absolute Gasteiger partial charge is 0.485 e. The second-order valence-corrected chi connectivity index (χ2v) is 7.36. The van der Waals surface area contributed by atoms with Crippen LogP contribution in [0.25, 0.3) is 0 Å². The van der Waals surface area contributed by atoms with Crippen molar-refractivity contribution in [3.63, 3.8) is 0 Å². The van der Waals surface area contributed by atoms with Gasteiger partial charge >= 0.3 is 0 Å². The van der Waals surface area contributed by atoms with Crippen LogP contribution in [-0.2, 0) is 4.79 Å². The minimum Gasteiger partial charge on any atom is -0.485 e. The van der Waals surface area contributed by atoms with Gasteiger partial charge in [0.15, 0.2) is 11.5 Å². The lowest BCUT2D eigenvalue weighted by molar-refractivity contribution is -0.142. The highest BCUT2D eigenvalue weighted by atomic mass is 32.1. The molecule has 1 saturated heterocycles. The number of hydrogen-bond acceptors (Lipinski definition) is 6. The number of rotatable bonds is 2. The Bertz CT molecular complexity index is 748. The summed E-state index contributed by atoms with van der Waals surface area (Å²) >= 11 is 1.62. The second kappa shape index (κ2) is 6.39. The zero-order valence-corrected chi connectivity index (χ0v) is 14.3. The molecular weight excluding hydrogens is 326 g/mol. The van der Waals surface area contributed by atoms with Crippen molar-refractivity contribution in [2.75, 3.05) is 19.7 Å². The Morgan fingerprint density at radius 2 is 2.12 bits per heavy atom. The SMILES string of the molecule is Cc1nnc([C@@H]2CCCN(C(=O)[C@@H]3COc4ccccc4O3)C2)s1. The molecule has 0 bridgehead atoms. The van der Waals surface area contributed by atoms with Gasteiger partial charge < -0.3 is 14.4 Å². The molecule has 4 rings (SSSR count). The van der Waals surface area contributed by atoms with Crippen LogP contribution in [0.5, 0.6) is 11.5 Å². The monoisotopic (exact) mass is 345 g/mol. The van der Waals surface area contributed by atoms with E-state index in [-0.39, 0.29) is 18.4 Å². The zero-order chi connectivity index (χ0) is 16.5. The fraction of sp³-hybridized carbons (Fsp3) is 0.471. The molecule has 126 valence electrons. The van der Waals surface area contributed by atoms with Crippen LogP contribution in [0.15, 0.2) is 24.3 Å². The van der Waals surface area contributed by atoms with Crippen LogP contribution in [0.1, 0.15) is 28.8 Å². The molecule has 1 fully saturated rings. The van der Waals surface area contributed by atoms with Crippen molar-refractivity contribution in [3.05, 3.63) is 34.3 Å². The molecule has 0 unspecified atom stereocenters. The summed E-state index contributed by atoms with van der Waals surface area (Å²) in [7, 11) is 0. The number of aromatic nitrogens is 2. The standard InChI is InChI=1S/C17H19N3O3S/c1-11-18-19-16(24-11)12-5-4-8-20(9-12)17(21)15-10-22-13-6-2-3-7-14(13)23-15/h2-3,6-7,12,15H,4-5,8-10H2,1H3/t12-,15+/m1/s1. The molecule has 1 amide bonds. The van der Waals surface area contributed by atoms with Crippen molar-refractivity contribution in [1.82, 2.24) is 15.1 Å². The number of carbonyl (C=O) groups is 1. The summed E-state index contributed by atoms with van der Waals surface area (Å²) in [6.45, 7) is 3.65. The average Bonchev–Trinajstić information content (AvgIpc) is 3.07. The van der Waals surface area contributed by atoms with Crippen molar-refractivity contribution >= 4 is 17.2 Å². The minimum atomic E-state index is -0.574. The van der Waals surface area contributed by atoms with Crippen LogP contribution < -0.4 is 9.47 Å². The fourth-order valence-electron chi connectivity index (χ4n) is 3.20. The molecule has 2 aromatic rings. The number of hydrogen-bond donors (Lipinski definition) is 0. The maximum absolute atomic E-state index is 12.8. The number of ether oxygens (including phenoxy) is 2. The van der Waals surface area contributed by atoms with Gasteiger partial charge in [-0.15, -0.1) is 21.5 Å². The average molecular weight is 345 g/mol. The predicted octanol–water partition coefficient (Wildman–Crippen LogP) is 2.39. The van der Waals surface area contributed by atoms with Crippen LogP contribution in [0, 0.1) is 6.92 Å². The molecule has 1 aromatic heterocycles. The summed E-state index contributed by atoms with van der Waals surface area (Å²) in [5.74, 6) is 1.60. The first-order chi connectivity index (χ1) is 11.7. The zero-order valence-electron chi connectivity index (χ0n) is 13.5. The number of fused-ring (bicyclic) bond motifs is 1. The van der Waals surface area contributed by atoms with Crippen LogP contribution in [0.4, 0.5) is 0 Å². The van der Waals surface area contributed by atoms with Gasteiger partial charge in [0.1, 0.15) is 16.6 Å². The van der Waals surface area contributed by atoms with E-state index in [4.69, 9.17) is 9.47 Å². The van der Waals surface area contributed by atoms with Gasteiger partial charge in [0.25, 0.3) is 5.91 Å². The number of nitrogens with zero attached hydrogens (tertiary/aromatic N) is 3. The highest BCUT2D eigenvalue weighted by Gasteiger charge is 2.34. The lowest BCUT2D eigenvalue weighted by Crippen LogP contribution is -2.49. The lowest BCUT2D eigenvalue weighted by atomic mass is 9.98. The second-order valence-electron chi connectivity index (χ2n) is 6.15. The molecule has 0 radical (unpaired) electrons. The Hall–Kier alpha value is -2.15. The first-order valence-corrected chi connectivity index (χ1v) is 8.99. The van der Waals surface area contributed by atoms with Gasteiger partial charge in [-0.05, 0) is 31.9 Å². The van der Waals surface area contributed by atoms with Gasteiger partial charge in [0.05, 0.1) is 0 Å². The molecule has 2 aliphatic rings. The van der Waals surface area contributed by atoms with Crippen molar-refractivity contribution in [1.29, 1.82) is 0 Å². The molecule has 0 aliphatic carbocycles. The highest BCUT2D eigenvalue weighted by molar-refractivity contribution is 7.11. The number of para-hydroxylation sites is 2. The molecule has 0 saturated carbocycles. The summed E-state index contributed by atoms with van der Waals surface area (Å²) in [5.41, 5.74) is 0. The van der Waals surface area contributed by atoms with E-state index >= 15 is 0 Å². The Morgan fingerprint density at radius 1 is 1.29 bits per heavy atom. The molecule has 2 atom stereocenters. The van der Waals surface area contributed by atoms with Crippen molar-refractivity contribution < 1.29 is 14.3 Å². The van der Waals surface area contributed by atoms with E-state index in [2.05, 4.69) is 10.2 Å². The van der Waals surface area contributed by atoms with Gasteiger partial charge in [-0.1, -0.05) is 12.1 Å². The number of aryl methyl sites for hydroxylation is 1. The lowest BCUT2D eigenvalue weighted by Gasteiger charge is -2.35. The van der Waals surface area contributed by atoms with Crippen molar-refractivity contribution in [3.8, 4) is 11.5 Å². The highest BCUT2D eigenvalue weighted by Crippen LogP contribution is 2.33. The molecule has 0 N–H and O–H groups in total. The number of carbonyl (C=O) groups excluding carboxylic acids is 1. The summed E-state index contributed by atoms with van der Waals surface area (Å²) in [4.78, 5) is 14.7. The third kappa shape index (κ3) is 2.96. The quantitative estimate of drug-likeness (QED) is 0.836. The van der Waals surface area contributed by atoms with E-state index < -0.39 is 6.10 Å². The third-order valence-electron chi connectivity index (χ3n) is 4.41. The third-order valence-corrected chi connectivity index (χ3v) is 5.41. The molecule has 6 nitrogen and oxygen atoms in total. The van der Waals surface area contributed by atoms with Crippen molar-refractivity contribution in [2.45, 2.75) is 31.8 Å². The number of likely N-dealkylation sites (tertiary alicyclic amines) is 1. The predicted molar refractivity (Wildman–Crippen MR) is 89.6 cm³/mol. The van der Waals surface area contributed by atoms with E-state index in [9.17, 15) is 4.79 Å². The van der Waals surface area contributed by atoms with Crippen molar-refractivity contribution in [2.24, 2.45) is 0 Å².